The molecule has 0 aromatic heterocycles. The van der Waals surface area contributed by atoms with Gasteiger partial charge in [-0.2, -0.15) is 0 Å². The average molecular weight is 269 g/mol. The molecule has 5 nitrogen and oxygen atoms in total. The molecule has 1 heterocycles. The van der Waals surface area contributed by atoms with Crippen LogP contribution in [0.15, 0.2) is 0 Å². The summed E-state index contributed by atoms with van der Waals surface area (Å²) < 4.78 is 0. The number of aliphatic carboxylic acids is 1. The summed E-state index contributed by atoms with van der Waals surface area (Å²) in [6.07, 6.45) is 4.49. The number of likely N-dealkylation sites (tertiary alicyclic amines) is 1. The summed E-state index contributed by atoms with van der Waals surface area (Å²) in [5, 5.41) is 12.8. The summed E-state index contributed by atoms with van der Waals surface area (Å²) in [5.74, 6) is -0.737. The van der Waals surface area contributed by atoms with Gasteiger partial charge in [-0.15, -0.1) is 0 Å². The van der Waals surface area contributed by atoms with Crippen LogP contribution in [0.1, 0.15) is 32.6 Å². The van der Waals surface area contributed by atoms with Crippen molar-refractivity contribution in [1.82, 2.24) is 15.1 Å². The number of carboxylic acids is 1. The lowest BCUT2D eigenvalue weighted by Gasteiger charge is -2.39. The third-order valence-electron chi connectivity index (χ3n) is 4.45. The van der Waals surface area contributed by atoms with Crippen LogP contribution in [0.4, 0.5) is 0 Å². The van der Waals surface area contributed by atoms with E-state index in [1.165, 1.54) is 0 Å². The number of likely N-dealkylation sites (N-methyl/N-ethyl adjacent to an activating group) is 1. The predicted molar refractivity (Wildman–Crippen MR) is 75.3 cm³/mol. The molecule has 2 rings (SSSR count). The summed E-state index contributed by atoms with van der Waals surface area (Å²) in [6, 6.07) is 0.919. The van der Waals surface area contributed by atoms with Gasteiger partial charge in [0, 0.05) is 18.6 Å². The number of hydrogen-bond donors (Lipinski definition) is 2. The third kappa shape index (κ3) is 3.91. The Balaban J connectivity index is 1.90. The minimum Gasteiger partial charge on any atom is -0.480 e. The molecule has 1 aliphatic carbocycles. The van der Waals surface area contributed by atoms with Crippen molar-refractivity contribution in [3.63, 3.8) is 0 Å². The minimum absolute atomic E-state index is 0.409. The highest BCUT2D eigenvalue weighted by Gasteiger charge is 2.40. The molecule has 0 radical (unpaired) electrons. The van der Waals surface area contributed by atoms with E-state index in [0.29, 0.717) is 18.6 Å². The highest BCUT2D eigenvalue weighted by Crippen LogP contribution is 2.24. The van der Waals surface area contributed by atoms with E-state index in [-0.39, 0.29) is 0 Å². The largest absolute Gasteiger partial charge is 0.480 e. The molecule has 0 spiro atoms. The zero-order valence-corrected chi connectivity index (χ0v) is 12.4. The molecule has 5 heteroatoms. The summed E-state index contributed by atoms with van der Waals surface area (Å²) >= 11 is 0. The first kappa shape index (κ1) is 14.8. The Labute approximate surface area is 115 Å². The van der Waals surface area contributed by atoms with E-state index >= 15 is 0 Å². The Morgan fingerprint density at radius 2 is 1.95 bits per heavy atom. The number of carboxylic acid groups (broad SMARTS) is 1. The van der Waals surface area contributed by atoms with E-state index in [1.54, 1.807) is 0 Å². The molecule has 19 heavy (non-hydrogen) atoms. The zero-order valence-electron chi connectivity index (χ0n) is 12.4. The van der Waals surface area contributed by atoms with Gasteiger partial charge >= 0.3 is 5.97 Å². The van der Waals surface area contributed by atoms with Crippen molar-refractivity contribution in [3.05, 3.63) is 0 Å². The average Bonchev–Trinajstić information content (AvgIpc) is 3.13. The van der Waals surface area contributed by atoms with Gasteiger partial charge in [-0.1, -0.05) is 0 Å². The Morgan fingerprint density at radius 1 is 1.37 bits per heavy atom. The molecular weight excluding hydrogens is 242 g/mol. The van der Waals surface area contributed by atoms with Crippen molar-refractivity contribution in [1.29, 1.82) is 0 Å². The van der Waals surface area contributed by atoms with Crippen LogP contribution in [-0.2, 0) is 4.79 Å². The van der Waals surface area contributed by atoms with Gasteiger partial charge in [-0.25, -0.2) is 0 Å². The SMILES string of the molecule is CN1CCC(N(C)CC(C)(NC2CC2)C(=O)O)CC1. The van der Waals surface area contributed by atoms with E-state index in [4.69, 9.17) is 0 Å². The molecule has 1 saturated carbocycles. The molecule has 1 unspecified atom stereocenters. The van der Waals surface area contributed by atoms with Crippen LogP contribution in [0.25, 0.3) is 0 Å². The molecule has 2 N–H and O–H groups in total. The molecule has 1 saturated heterocycles. The summed E-state index contributed by atoms with van der Waals surface area (Å²) in [6.45, 7) is 4.61. The Morgan fingerprint density at radius 3 is 2.42 bits per heavy atom. The highest BCUT2D eigenvalue weighted by atomic mass is 16.4. The Kier molecular flexibility index (Phi) is 4.48. The van der Waals surface area contributed by atoms with Crippen molar-refractivity contribution in [2.24, 2.45) is 0 Å². The van der Waals surface area contributed by atoms with Crippen LogP contribution >= 0.6 is 0 Å². The Hall–Kier alpha value is -0.650. The van der Waals surface area contributed by atoms with E-state index in [0.717, 1.165) is 38.8 Å². The van der Waals surface area contributed by atoms with Crippen molar-refractivity contribution in [3.8, 4) is 0 Å². The minimum atomic E-state index is -0.820. The lowest BCUT2D eigenvalue weighted by atomic mass is 9.98. The molecule has 1 atom stereocenters. The van der Waals surface area contributed by atoms with Crippen molar-refractivity contribution in [2.45, 2.75) is 50.2 Å². The standard InChI is InChI=1S/C14H27N3O2/c1-14(13(18)19,15-11-4-5-11)10-17(3)12-6-8-16(2)9-7-12/h11-12,15H,4-10H2,1-3H3,(H,18,19). The van der Waals surface area contributed by atoms with Gasteiger partial charge in [-0.3, -0.25) is 10.1 Å². The van der Waals surface area contributed by atoms with Gasteiger partial charge in [0.2, 0.25) is 0 Å². The van der Waals surface area contributed by atoms with Gasteiger partial charge in [0.05, 0.1) is 0 Å². The molecule has 0 bridgehead atoms. The molecule has 0 aromatic rings. The van der Waals surface area contributed by atoms with E-state index in [1.807, 2.05) is 6.92 Å². The third-order valence-corrected chi connectivity index (χ3v) is 4.45. The smallest absolute Gasteiger partial charge is 0.324 e. The van der Waals surface area contributed by atoms with Crippen LogP contribution in [-0.4, -0.2) is 72.2 Å². The van der Waals surface area contributed by atoms with Crippen LogP contribution in [0.2, 0.25) is 0 Å². The van der Waals surface area contributed by atoms with E-state index < -0.39 is 11.5 Å². The van der Waals surface area contributed by atoms with E-state index in [2.05, 4.69) is 29.2 Å². The van der Waals surface area contributed by atoms with Crippen LogP contribution < -0.4 is 5.32 Å². The van der Waals surface area contributed by atoms with Crippen LogP contribution in [0.3, 0.4) is 0 Å². The van der Waals surface area contributed by atoms with Crippen molar-refractivity contribution in [2.75, 3.05) is 33.7 Å². The second-order valence-electron chi connectivity index (χ2n) is 6.51. The van der Waals surface area contributed by atoms with Crippen molar-refractivity contribution < 1.29 is 9.90 Å². The van der Waals surface area contributed by atoms with Gasteiger partial charge in [-0.05, 0) is 59.8 Å². The highest BCUT2D eigenvalue weighted by molar-refractivity contribution is 5.78. The van der Waals surface area contributed by atoms with Crippen LogP contribution in [0.5, 0.6) is 0 Å². The molecule has 2 fully saturated rings. The molecule has 2 aliphatic rings. The van der Waals surface area contributed by atoms with Gasteiger partial charge < -0.3 is 14.9 Å². The number of piperidine rings is 1. The molecular formula is C14H27N3O2. The Bertz CT molecular complexity index is 325. The maximum atomic E-state index is 11.6. The molecule has 110 valence electrons. The van der Waals surface area contributed by atoms with Gasteiger partial charge in [0.25, 0.3) is 0 Å². The maximum Gasteiger partial charge on any atom is 0.324 e. The number of nitrogens with zero attached hydrogens (tertiary/aromatic N) is 2. The fraction of sp³-hybridized carbons (Fsp3) is 0.929. The first-order valence-corrected chi connectivity index (χ1v) is 7.30. The van der Waals surface area contributed by atoms with Crippen molar-refractivity contribution >= 4 is 5.97 Å². The van der Waals surface area contributed by atoms with Gasteiger partial charge in [0.15, 0.2) is 0 Å². The molecule has 1 aliphatic heterocycles. The lowest BCUT2D eigenvalue weighted by Crippen LogP contribution is -2.59. The first-order valence-electron chi connectivity index (χ1n) is 7.30. The number of rotatable bonds is 6. The fourth-order valence-electron chi connectivity index (χ4n) is 2.92. The normalized spacial score (nSPS) is 25.5. The van der Waals surface area contributed by atoms with Gasteiger partial charge in [0.1, 0.15) is 5.54 Å². The quantitative estimate of drug-likeness (QED) is 0.740. The second kappa shape index (κ2) is 5.77. The molecule has 0 amide bonds. The summed E-state index contributed by atoms with van der Waals surface area (Å²) in [5.41, 5.74) is -0.820. The van der Waals surface area contributed by atoms with E-state index in [9.17, 15) is 9.90 Å². The monoisotopic (exact) mass is 269 g/mol. The fourth-order valence-corrected chi connectivity index (χ4v) is 2.92. The molecule has 0 aromatic carbocycles. The number of hydrogen-bond acceptors (Lipinski definition) is 4. The summed E-state index contributed by atoms with van der Waals surface area (Å²) in [4.78, 5) is 16.1. The lowest BCUT2D eigenvalue weighted by molar-refractivity contribution is -0.145. The first-order chi connectivity index (χ1) is 8.90. The topological polar surface area (TPSA) is 55.8 Å². The summed E-state index contributed by atoms with van der Waals surface area (Å²) in [7, 11) is 4.21. The zero-order chi connectivity index (χ0) is 14.0. The number of carbonyl (C=O) groups is 1. The second-order valence-corrected chi connectivity index (χ2v) is 6.51. The number of nitrogens with one attached hydrogen (secondary N) is 1. The predicted octanol–water partition coefficient (Wildman–Crippen LogP) is 0.608. The maximum absolute atomic E-state index is 11.6. The van der Waals surface area contributed by atoms with Crippen LogP contribution in [0, 0.1) is 0 Å².